The van der Waals surface area contributed by atoms with Crippen molar-refractivity contribution in [1.29, 1.82) is 0 Å². The molecule has 1 saturated carbocycles. The van der Waals surface area contributed by atoms with Gasteiger partial charge in [-0.15, -0.1) is 0 Å². The van der Waals surface area contributed by atoms with Gasteiger partial charge in [-0.3, -0.25) is 19.4 Å². The summed E-state index contributed by atoms with van der Waals surface area (Å²) in [5, 5.41) is 17.1. The summed E-state index contributed by atoms with van der Waals surface area (Å²) in [5.74, 6) is -1.40. The number of aliphatic hydroxyl groups excluding tert-OH is 1. The molecule has 3 aromatic rings. The van der Waals surface area contributed by atoms with Crippen molar-refractivity contribution >= 4 is 25.6 Å². The molecule has 0 amide bonds. The Bertz CT molecular complexity index is 2090. The number of aryl methyl sites for hydroxylation is 1. The second-order valence-electron chi connectivity index (χ2n) is 20.3. The fourth-order valence-electron chi connectivity index (χ4n) is 9.58. The van der Waals surface area contributed by atoms with Crippen LogP contribution in [-0.4, -0.2) is 86.3 Å². The third-order valence-corrected chi connectivity index (χ3v) is 17.6. The number of ketones is 2. The number of fused-ring (bicyclic) bond motifs is 4. The van der Waals surface area contributed by atoms with Gasteiger partial charge in [0.25, 0.3) is 5.88 Å². The van der Waals surface area contributed by atoms with E-state index in [-0.39, 0.29) is 46.0 Å². The van der Waals surface area contributed by atoms with Gasteiger partial charge in [0.05, 0.1) is 6.04 Å². The average Bonchev–Trinajstić information content (AvgIpc) is 3.87. The Morgan fingerprint density at radius 2 is 1.67 bits per heavy atom. The van der Waals surface area contributed by atoms with Crippen LogP contribution in [0, 0.1) is 24.2 Å². The summed E-state index contributed by atoms with van der Waals surface area (Å²) in [6.45, 7) is 21.4. The Morgan fingerprint density at radius 1 is 1.00 bits per heavy atom. The van der Waals surface area contributed by atoms with E-state index in [9.17, 15) is 5.11 Å². The number of carbonyl (C=O) groups excluding carboxylic acids is 2. The molecule has 308 valence electrons. The lowest BCUT2D eigenvalue weighted by atomic mass is 9.58. The summed E-state index contributed by atoms with van der Waals surface area (Å²) in [4.78, 5) is 37.6. The smallest absolute Gasteiger partial charge is 0.265 e. The van der Waals surface area contributed by atoms with Crippen molar-refractivity contribution in [2.24, 2.45) is 17.3 Å². The second kappa shape index (κ2) is 14.5. The molecule has 7 rings (SSSR count). The number of allylic oxidation sites excluding steroid dienone is 1. The van der Waals surface area contributed by atoms with Gasteiger partial charge >= 0.3 is 0 Å². The van der Waals surface area contributed by atoms with E-state index in [1.807, 2.05) is 56.3 Å². The zero-order chi connectivity index (χ0) is 41.6. The summed E-state index contributed by atoms with van der Waals surface area (Å²) in [6, 6.07) is 11.9. The molecule has 4 atom stereocenters. The third-order valence-electron chi connectivity index (χ3n) is 13.1. The largest absolute Gasteiger partial charge is 0.508 e. The molecule has 1 aromatic heterocycles. The lowest BCUT2D eigenvalue weighted by molar-refractivity contribution is -0.0480. The topological polar surface area (TPSA) is 109 Å². The molecule has 57 heavy (non-hydrogen) atoms. The van der Waals surface area contributed by atoms with Crippen molar-refractivity contribution in [1.82, 2.24) is 15.0 Å². The fourth-order valence-corrected chi connectivity index (χ4v) is 11.0. The highest BCUT2D eigenvalue weighted by atomic mass is 28.4. The Morgan fingerprint density at radius 3 is 2.25 bits per heavy atom. The average molecular weight is 797 g/mol. The number of Topliss-reactive ketones (excluding diaryl/α,β-unsaturated/α-hetero) is 2. The Labute approximate surface area is 340 Å². The number of benzene rings is 2. The predicted molar refractivity (Wildman–Crippen MR) is 227 cm³/mol. The van der Waals surface area contributed by atoms with Crippen LogP contribution in [0.2, 0.25) is 18.1 Å². The lowest BCUT2D eigenvalue weighted by Crippen LogP contribution is -2.65. The minimum atomic E-state index is -2.82. The van der Waals surface area contributed by atoms with Crippen molar-refractivity contribution in [2.45, 2.75) is 123 Å². The number of rotatable bonds is 11. The quantitative estimate of drug-likeness (QED) is 0.189. The van der Waals surface area contributed by atoms with Gasteiger partial charge in [0.15, 0.2) is 25.5 Å². The normalized spacial score (nSPS) is 23.7. The van der Waals surface area contributed by atoms with E-state index in [4.69, 9.17) is 13.7 Å². The highest BCUT2D eigenvalue weighted by Gasteiger charge is 2.67. The van der Waals surface area contributed by atoms with Gasteiger partial charge in [-0.2, -0.15) is 0 Å². The van der Waals surface area contributed by atoms with E-state index in [1.165, 1.54) is 18.4 Å². The maximum Gasteiger partial charge on any atom is 0.265 e. The number of aliphatic hydroxyl groups is 1. The van der Waals surface area contributed by atoms with Gasteiger partial charge in [0.1, 0.15) is 17.9 Å². The summed E-state index contributed by atoms with van der Waals surface area (Å²) in [5.41, 5.74) is 4.51. The maximum atomic E-state index is 15.6. The minimum Gasteiger partial charge on any atom is -0.508 e. The summed E-state index contributed by atoms with van der Waals surface area (Å²) < 4.78 is 19.7. The third kappa shape index (κ3) is 7.21. The number of anilines is 1. The molecule has 11 heteroatoms. The molecule has 1 heterocycles. The van der Waals surface area contributed by atoms with Crippen LogP contribution in [-0.2, 0) is 24.0 Å². The van der Waals surface area contributed by atoms with E-state index in [1.54, 1.807) is 0 Å². The molecular formula is C46H64N4O6Si. The van der Waals surface area contributed by atoms with Gasteiger partial charge in [-0.25, -0.2) is 0 Å². The van der Waals surface area contributed by atoms with Crippen LogP contribution < -0.4 is 9.64 Å². The van der Waals surface area contributed by atoms with Crippen LogP contribution >= 0.6 is 0 Å². The predicted octanol–water partition coefficient (Wildman–Crippen LogP) is 9.09. The van der Waals surface area contributed by atoms with Crippen LogP contribution in [0.3, 0.4) is 0 Å². The Hall–Kier alpha value is -3.77. The molecule has 2 aromatic carbocycles. The van der Waals surface area contributed by atoms with E-state index in [0.717, 1.165) is 35.5 Å². The standard InChI is InChI=1S/C46H64N4O6Si/c1-27-21-30(24-50(31-19-20-31)26-44(2,3)4)37(48(8)9)32-22-29-23-33-38(49(10)11)40-36(43(47-55-40)54-25-28-17-15-14-16-18-28)42(53)46(33,56-57(12,13)45(5,6)7)41(52)35(29)39(51)34(27)32/h14-18,21,29,31,33,38,52H,19-20,22-26H2,1-13H3/t29-,33-,38-,46-/m0/s1. The van der Waals surface area contributed by atoms with Crippen LogP contribution in [0.4, 0.5) is 5.69 Å². The number of aromatic nitrogens is 1. The summed E-state index contributed by atoms with van der Waals surface area (Å²) in [6.07, 6.45) is 3.42. The van der Waals surface area contributed by atoms with Crippen molar-refractivity contribution in [3.8, 4) is 5.88 Å². The first-order chi connectivity index (χ1) is 26.6. The highest BCUT2D eigenvalue weighted by Crippen LogP contribution is 2.60. The molecule has 4 aliphatic carbocycles. The maximum absolute atomic E-state index is 15.6. The van der Waals surface area contributed by atoms with Crippen LogP contribution in [0.1, 0.15) is 116 Å². The highest BCUT2D eigenvalue weighted by molar-refractivity contribution is 6.74. The van der Waals surface area contributed by atoms with Crippen LogP contribution in [0.5, 0.6) is 5.88 Å². The SMILES string of the molecule is Cc1cc(CN(CC(C)(C)C)C2CC2)c(N(C)C)c2c1C(=O)C1=C(O)[C@]3(O[Si](C)(C)C(C)(C)C)C(=O)c4c(OCc5ccccc5)noc4[C@@H](N(C)C)[C@@H]3C[C@@H]1C2. The second-order valence-corrected chi connectivity index (χ2v) is 25.0. The van der Waals surface area contributed by atoms with Gasteiger partial charge < -0.3 is 23.7 Å². The molecule has 0 aliphatic heterocycles. The molecule has 4 aliphatic rings. The molecule has 1 N–H and O–H groups in total. The monoisotopic (exact) mass is 796 g/mol. The number of nitrogens with zero attached hydrogens (tertiary/aromatic N) is 4. The van der Waals surface area contributed by atoms with Gasteiger partial charge in [0.2, 0.25) is 5.78 Å². The number of ether oxygens (including phenoxy) is 1. The Balaban J connectivity index is 1.40. The van der Waals surface area contributed by atoms with Crippen LogP contribution in [0.25, 0.3) is 0 Å². The van der Waals surface area contributed by atoms with E-state index in [0.29, 0.717) is 35.8 Å². The first-order valence-corrected chi connectivity index (χ1v) is 23.6. The summed E-state index contributed by atoms with van der Waals surface area (Å²) in [7, 11) is 5.21. The van der Waals surface area contributed by atoms with Gasteiger partial charge in [0, 0.05) is 56.0 Å². The number of carbonyl (C=O) groups is 2. The first-order valence-electron chi connectivity index (χ1n) is 20.7. The van der Waals surface area contributed by atoms with Crippen molar-refractivity contribution < 1.29 is 28.4 Å². The van der Waals surface area contributed by atoms with E-state index in [2.05, 4.69) is 89.8 Å². The van der Waals surface area contributed by atoms with Crippen molar-refractivity contribution in [3.05, 3.63) is 86.9 Å². The fraction of sp³-hybridized carbons (Fsp3) is 0.587. The number of hydrogen-bond donors (Lipinski definition) is 1. The van der Waals surface area contributed by atoms with Gasteiger partial charge in [-0.1, -0.05) is 77.9 Å². The lowest BCUT2D eigenvalue weighted by Gasteiger charge is -2.55. The molecule has 0 bridgehead atoms. The van der Waals surface area contributed by atoms with E-state index >= 15 is 9.59 Å². The Kier molecular flexibility index (Phi) is 10.5. The molecule has 0 radical (unpaired) electrons. The van der Waals surface area contributed by atoms with Crippen molar-refractivity contribution in [2.75, 3.05) is 39.6 Å². The molecule has 1 fully saturated rings. The molecule has 0 saturated heterocycles. The van der Waals surface area contributed by atoms with Gasteiger partial charge in [-0.05, 0) is 104 Å². The minimum absolute atomic E-state index is 0.0632. The van der Waals surface area contributed by atoms with Crippen LogP contribution in [0.15, 0.2) is 52.3 Å². The summed E-state index contributed by atoms with van der Waals surface area (Å²) >= 11 is 0. The molecule has 10 nitrogen and oxygen atoms in total. The zero-order valence-corrected chi connectivity index (χ0v) is 37.5. The molecule has 0 unspecified atom stereocenters. The first kappa shape index (κ1) is 41.4. The molecular weight excluding hydrogens is 733 g/mol. The zero-order valence-electron chi connectivity index (χ0n) is 36.5. The number of hydrogen-bond acceptors (Lipinski definition) is 10. The van der Waals surface area contributed by atoms with E-state index < -0.39 is 31.7 Å². The van der Waals surface area contributed by atoms with Crippen molar-refractivity contribution in [3.63, 3.8) is 0 Å². The molecule has 0 spiro atoms.